The van der Waals surface area contributed by atoms with Gasteiger partial charge in [0.2, 0.25) is 16.9 Å². The third kappa shape index (κ3) is 4.46. The predicted molar refractivity (Wildman–Crippen MR) is 112 cm³/mol. The lowest BCUT2D eigenvalue weighted by atomic mass is 10.2. The first kappa shape index (κ1) is 18.8. The van der Waals surface area contributed by atoms with Crippen LogP contribution in [-0.2, 0) is 5.75 Å². The normalized spacial score (nSPS) is 11.3. The molecule has 4 aromatic rings. The Balaban J connectivity index is 1.39. The van der Waals surface area contributed by atoms with Gasteiger partial charge in [0.25, 0.3) is 0 Å². The molecule has 4 rings (SSSR count). The summed E-state index contributed by atoms with van der Waals surface area (Å²) in [5.74, 6) is 1.62. The van der Waals surface area contributed by atoms with Crippen molar-refractivity contribution < 1.29 is 9.52 Å². The monoisotopic (exact) mass is 473 g/mol. The molecule has 0 unspecified atom stereocenters. The number of aliphatic imine (C=N–C) groups is 1. The average molecular weight is 474 g/mol. The summed E-state index contributed by atoms with van der Waals surface area (Å²) in [6.45, 7) is 0. The van der Waals surface area contributed by atoms with Gasteiger partial charge in [-0.3, -0.25) is 0 Å². The zero-order valence-corrected chi connectivity index (χ0v) is 17.4. The van der Waals surface area contributed by atoms with Crippen molar-refractivity contribution in [1.29, 1.82) is 0 Å². The van der Waals surface area contributed by atoms with Gasteiger partial charge in [0.05, 0.1) is 11.3 Å². The van der Waals surface area contributed by atoms with Crippen molar-refractivity contribution in [3.05, 3.63) is 64.5 Å². The minimum atomic E-state index is 0.169. The summed E-state index contributed by atoms with van der Waals surface area (Å²) in [4.78, 5) is 4.26. The summed E-state index contributed by atoms with van der Waals surface area (Å²) in [7, 11) is 0. The van der Waals surface area contributed by atoms with Gasteiger partial charge in [0.15, 0.2) is 4.34 Å². The third-order valence-electron chi connectivity index (χ3n) is 3.54. The quantitative estimate of drug-likeness (QED) is 0.307. The molecular formula is C18H12BrN5O2S2. The lowest BCUT2D eigenvalue weighted by Gasteiger charge is -1.97. The Morgan fingerprint density at radius 1 is 1.07 bits per heavy atom. The molecule has 2 aromatic carbocycles. The van der Waals surface area contributed by atoms with Gasteiger partial charge in [-0.25, -0.2) is 4.99 Å². The van der Waals surface area contributed by atoms with Gasteiger partial charge in [-0.15, -0.1) is 20.4 Å². The highest BCUT2D eigenvalue weighted by atomic mass is 79.9. The fourth-order valence-electron chi connectivity index (χ4n) is 2.21. The van der Waals surface area contributed by atoms with Crippen molar-refractivity contribution >= 4 is 50.4 Å². The Morgan fingerprint density at radius 3 is 2.75 bits per heavy atom. The van der Waals surface area contributed by atoms with Crippen molar-refractivity contribution in [2.45, 2.75) is 10.1 Å². The molecule has 0 saturated heterocycles. The third-order valence-corrected chi connectivity index (χ3v) is 6.18. The molecule has 0 bridgehead atoms. The van der Waals surface area contributed by atoms with E-state index in [1.807, 2.05) is 30.3 Å². The second-order valence-electron chi connectivity index (χ2n) is 5.44. The van der Waals surface area contributed by atoms with Crippen LogP contribution >= 0.6 is 39.0 Å². The van der Waals surface area contributed by atoms with Crippen molar-refractivity contribution in [2.24, 2.45) is 4.99 Å². The number of hydrogen-bond donors (Lipinski definition) is 1. The number of nitrogens with zero attached hydrogens (tertiary/aromatic N) is 5. The molecule has 1 N–H and O–H groups in total. The van der Waals surface area contributed by atoms with Gasteiger partial charge in [0, 0.05) is 16.3 Å². The molecule has 0 saturated carbocycles. The Morgan fingerprint density at radius 2 is 1.89 bits per heavy atom. The van der Waals surface area contributed by atoms with Crippen molar-refractivity contribution in [3.63, 3.8) is 0 Å². The number of halogens is 1. The van der Waals surface area contributed by atoms with Gasteiger partial charge in [0.1, 0.15) is 5.75 Å². The Labute approximate surface area is 176 Å². The number of aromatic nitrogens is 4. The van der Waals surface area contributed by atoms with Gasteiger partial charge in [-0.2, -0.15) is 0 Å². The van der Waals surface area contributed by atoms with E-state index in [1.54, 1.807) is 24.4 Å². The molecule has 0 fully saturated rings. The van der Waals surface area contributed by atoms with E-state index in [0.717, 1.165) is 14.4 Å². The zero-order chi connectivity index (χ0) is 19.3. The minimum absolute atomic E-state index is 0.169. The molecule has 0 aliphatic rings. The summed E-state index contributed by atoms with van der Waals surface area (Å²) in [6, 6.07) is 14.6. The fraction of sp³-hybridized carbons (Fsp3) is 0.0556. The molecule has 2 aromatic heterocycles. The summed E-state index contributed by atoms with van der Waals surface area (Å²) >= 11 is 6.27. The van der Waals surface area contributed by atoms with Crippen LogP contribution in [0.3, 0.4) is 0 Å². The summed E-state index contributed by atoms with van der Waals surface area (Å²) < 4.78 is 7.36. The molecule has 2 heterocycles. The van der Waals surface area contributed by atoms with Gasteiger partial charge < -0.3 is 9.52 Å². The van der Waals surface area contributed by atoms with Crippen LogP contribution in [0.5, 0.6) is 5.75 Å². The van der Waals surface area contributed by atoms with Crippen LogP contribution in [-0.4, -0.2) is 31.7 Å². The number of aromatic hydroxyl groups is 1. The number of phenolic OH excluding ortho intramolecular Hbond substituents is 1. The number of phenols is 1. The molecule has 0 spiro atoms. The summed E-state index contributed by atoms with van der Waals surface area (Å²) in [5, 5.41) is 26.6. The molecule has 0 radical (unpaired) electrons. The van der Waals surface area contributed by atoms with Crippen molar-refractivity contribution in [1.82, 2.24) is 20.4 Å². The number of hydrogen-bond acceptors (Lipinski definition) is 9. The van der Waals surface area contributed by atoms with E-state index in [4.69, 9.17) is 4.42 Å². The number of thioether (sulfide) groups is 1. The van der Waals surface area contributed by atoms with E-state index in [1.165, 1.54) is 23.1 Å². The second-order valence-corrected chi connectivity index (χ2v) is 8.47. The van der Waals surface area contributed by atoms with Gasteiger partial charge in [-0.05, 0) is 40.2 Å². The first-order chi connectivity index (χ1) is 13.7. The molecule has 0 aliphatic carbocycles. The first-order valence-electron chi connectivity index (χ1n) is 8.05. The molecule has 28 heavy (non-hydrogen) atoms. The summed E-state index contributed by atoms with van der Waals surface area (Å²) in [5.41, 5.74) is 1.47. The molecule has 140 valence electrons. The Kier molecular flexibility index (Phi) is 5.79. The van der Waals surface area contributed by atoms with Crippen molar-refractivity contribution in [3.8, 4) is 17.2 Å². The van der Waals surface area contributed by atoms with Crippen LogP contribution in [0, 0.1) is 0 Å². The predicted octanol–water partition coefficient (Wildman–Crippen LogP) is 5.10. The van der Waals surface area contributed by atoms with Crippen LogP contribution in [0.15, 0.2) is 66.8 Å². The Hall–Kier alpha value is -2.56. The van der Waals surface area contributed by atoms with Crippen LogP contribution in [0.2, 0.25) is 0 Å². The van der Waals surface area contributed by atoms with E-state index in [9.17, 15) is 5.11 Å². The minimum Gasteiger partial charge on any atom is -0.507 e. The van der Waals surface area contributed by atoms with Crippen LogP contribution in [0.25, 0.3) is 11.5 Å². The maximum atomic E-state index is 9.75. The van der Waals surface area contributed by atoms with E-state index >= 15 is 0 Å². The van der Waals surface area contributed by atoms with E-state index < -0.39 is 0 Å². The lowest BCUT2D eigenvalue weighted by Crippen LogP contribution is -1.80. The lowest BCUT2D eigenvalue weighted by molar-refractivity contribution is 0.474. The van der Waals surface area contributed by atoms with Crippen LogP contribution in [0.4, 0.5) is 5.13 Å². The van der Waals surface area contributed by atoms with Crippen LogP contribution in [0.1, 0.15) is 11.5 Å². The zero-order valence-electron chi connectivity index (χ0n) is 14.2. The SMILES string of the molecule is Oc1ccccc1/C=N/c1nnc(SCc2nnc(-c3ccccc3Br)o2)s1. The topological polar surface area (TPSA) is 97.3 Å². The highest BCUT2D eigenvalue weighted by molar-refractivity contribution is 9.10. The number of rotatable bonds is 6. The molecule has 7 nitrogen and oxygen atoms in total. The van der Waals surface area contributed by atoms with Gasteiger partial charge >= 0.3 is 0 Å². The highest BCUT2D eigenvalue weighted by Crippen LogP contribution is 2.31. The van der Waals surface area contributed by atoms with E-state index in [2.05, 4.69) is 41.3 Å². The maximum Gasteiger partial charge on any atom is 0.248 e. The Bertz CT molecular complexity index is 1130. The average Bonchev–Trinajstić information content (AvgIpc) is 3.35. The highest BCUT2D eigenvalue weighted by Gasteiger charge is 2.12. The standard InChI is InChI=1S/C18H12BrN5O2S2/c19-13-7-3-2-6-12(13)16-22-21-15(26-16)10-27-18-24-23-17(28-18)20-9-11-5-1-4-8-14(11)25/h1-9,25H,10H2/b20-9+. The number of para-hydroxylation sites is 1. The summed E-state index contributed by atoms with van der Waals surface area (Å²) in [6.07, 6.45) is 1.56. The fourth-order valence-corrected chi connectivity index (χ4v) is 4.19. The van der Waals surface area contributed by atoms with E-state index in [0.29, 0.717) is 28.2 Å². The smallest absolute Gasteiger partial charge is 0.248 e. The molecular weight excluding hydrogens is 462 g/mol. The van der Waals surface area contributed by atoms with Crippen molar-refractivity contribution in [2.75, 3.05) is 0 Å². The number of benzene rings is 2. The first-order valence-corrected chi connectivity index (χ1v) is 10.6. The maximum absolute atomic E-state index is 9.75. The molecule has 0 aliphatic heterocycles. The van der Waals surface area contributed by atoms with E-state index in [-0.39, 0.29) is 5.75 Å². The second kappa shape index (κ2) is 8.63. The molecule has 0 amide bonds. The molecule has 0 atom stereocenters. The van der Waals surface area contributed by atoms with Gasteiger partial charge in [-0.1, -0.05) is 47.4 Å². The molecule has 10 heteroatoms. The van der Waals surface area contributed by atoms with Crippen LogP contribution < -0.4 is 0 Å². The largest absolute Gasteiger partial charge is 0.507 e.